The van der Waals surface area contributed by atoms with Crippen molar-refractivity contribution in [3.8, 4) is 0 Å². The van der Waals surface area contributed by atoms with Crippen molar-refractivity contribution in [1.82, 2.24) is 9.80 Å². The molecule has 0 spiro atoms. The van der Waals surface area contributed by atoms with Crippen LogP contribution in [0.15, 0.2) is 0 Å². The highest BCUT2D eigenvalue weighted by atomic mass is 32.1. The van der Waals surface area contributed by atoms with Crippen molar-refractivity contribution in [3.05, 3.63) is 0 Å². The Morgan fingerprint density at radius 1 is 1.24 bits per heavy atom. The van der Waals surface area contributed by atoms with E-state index >= 15 is 0 Å². The van der Waals surface area contributed by atoms with E-state index in [4.69, 9.17) is 0 Å². The van der Waals surface area contributed by atoms with Crippen LogP contribution in [0.4, 0.5) is 0 Å². The second kappa shape index (κ2) is 5.76. The van der Waals surface area contributed by atoms with Gasteiger partial charge in [-0.3, -0.25) is 9.59 Å². The monoisotopic (exact) mass is 256 g/mol. The smallest absolute Gasteiger partial charge is 0.245 e. The number of amides is 2. The summed E-state index contributed by atoms with van der Waals surface area (Å²) in [6, 6.07) is -0.166. The molecule has 5 heteroatoms. The van der Waals surface area contributed by atoms with E-state index in [9.17, 15) is 9.59 Å². The Hall–Kier alpha value is -0.710. The third-order valence-electron chi connectivity index (χ3n) is 3.58. The topological polar surface area (TPSA) is 40.6 Å². The molecule has 0 saturated carbocycles. The lowest BCUT2D eigenvalue weighted by molar-refractivity contribution is -0.157. The number of piperazine rings is 1. The van der Waals surface area contributed by atoms with Crippen molar-refractivity contribution in [2.45, 2.75) is 38.1 Å². The minimum absolute atomic E-state index is 0.125. The van der Waals surface area contributed by atoms with Crippen LogP contribution in [0.25, 0.3) is 0 Å². The molecule has 1 unspecified atom stereocenters. The van der Waals surface area contributed by atoms with Crippen molar-refractivity contribution < 1.29 is 9.59 Å². The van der Waals surface area contributed by atoms with Gasteiger partial charge in [0, 0.05) is 13.1 Å². The Morgan fingerprint density at radius 2 is 2.06 bits per heavy atom. The van der Waals surface area contributed by atoms with Crippen molar-refractivity contribution in [2.75, 3.05) is 25.4 Å². The molecule has 0 aromatic heterocycles. The molecule has 96 valence electrons. The van der Waals surface area contributed by atoms with Gasteiger partial charge in [-0.25, -0.2) is 0 Å². The zero-order valence-corrected chi connectivity index (χ0v) is 11.0. The number of carbonyl (C=O) groups excluding carboxylic acids is 2. The summed E-state index contributed by atoms with van der Waals surface area (Å²) in [7, 11) is 0. The Balaban J connectivity index is 1.96. The molecule has 0 aromatic rings. The maximum atomic E-state index is 12.2. The number of hydrogen-bond donors (Lipinski definition) is 1. The number of thiol groups is 1. The lowest BCUT2D eigenvalue weighted by Crippen LogP contribution is -2.61. The number of nitrogens with zero attached hydrogens (tertiary/aromatic N) is 2. The molecular formula is C12H20N2O2S. The minimum atomic E-state index is -0.166. The number of carbonyl (C=O) groups is 2. The van der Waals surface area contributed by atoms with E-state index in [0.717, 1.165) is 44.4 Å². The third-order valence-corrected chi connectivity index (χ3v) is 3.90. The molecule has 0 aliphatic carbocycles. The van der Waals surface area contributed by atoms with Crippen molar-refractivity contribution in [2.24, 2.45) is 0 Å². The molecule has 2 aliphatic heterocycles. The molecule has 0 bridgehead atoms. The fourth-order valence-corrected chi connectivity index (χ4v) is 2.86. The van der Waals surface area contributed by atoms with Gasteiger partial charge in [-0.1, -0.05) is 0 Å². The Bertz CT molecular complexity index is 309. The Morgan fingerprint density at radius 3 is 2.82 bits per heavy atom. The largest absolute Gasteiger partial charge is 0.332 e. The van der Waals surface area contributed by atoms with Crippen molar-refractivity contribution >= 4 is 24.4 Å². The molecule has 2 heterocycles. The molecule has 17 heavy (non-hydrogen) atoms. The molecule has 0 aromatic carbocycles. The van der Waals surface area contributed by atoms with Gasteiger partial charge in [-0.05, 0) is 37.9 Å². The maximum Gasteiger partial charge on any atom is 0.245 e. The first kappa shape index (κ1) is 12.7. The van der Waals surface area contributed by atoms with Crippen LogP contribution >= 0.6 is 12.6 Å². The highest BCUT2D eigenvalue weighted by molar-refractivity contribution is 7.80. The van der Waals surface area contributed by atoms with Gasteiger partial charge in [0.05, 0.1) is 6.54 Å². The third kappa shape index (κ3) is 2.76. The van der Waals surface area contributed by atoms with Crippen LogP contribution in [0.2, 0.25) is 0 Å². The van der Waals surface area contributed by atoms with Gasteiger partial charge in [0.15, 0.2) is 0 Å². The number of fused-ring (bicyclic) bond motifs is 1. The first-order valence-electron chi connectivity index (χ1n) is 6.43. The number of unbranched alkanes of at least 4 members (excludes halogenated alkanes) is 1. The summed E-state index contributed by atoms with van der Waals surface area (Å²) in [5, 5.41) is 0. The lowest BCUT2D eigenvalue weighted by Gasteiger charge is -2.42. The summed E-state index contributed by atoms with van der Waals surface area (Å²) in [6.07, 6.45) is 4.87. The normalized spacial score (nSPS) is 25.1. The predicted octanol–water partition coefficient (Wildman–Crippen LogP) is 0.920. The molecule has 2 rings (SSSR count). The van der Waals surface area contributed by atoms with E-state index in [-0.39, 0.29) is 24.4 Å². The van der Waals surface area contributed by atoms with Gasteiger partial charge in [-0.15, -0.1) is 0 Å². The molecule has 2 fully saturated rings. The van der Waals surface area contributed by atoms with Crippen LogP contribution in [-0.4, -0.2) is 53.0 Å². The van der Waals surface area contributed by atoms with E-state index in [1.165, 1.54) is 0 Å². The van der Waals surface area contributed by atoms with Gasteiger partial charge in [0.2, 0.25) is 11.8 Å². The quantitative estimate of drug-likeness (QED) is 0.600. The number of piperidine rings is 1. The predicted molar refractivity (Wildman–Crippen MR) is 69.0 cm³/mol. The molecule has 0 N–H and O–H groups in total. The van der Waals surface area contributed by atoms with Crippen LogP contribution in [0, 0.1) is 0 Å². The minimum Gasteiger partial charge on any atom is -0.332 e. The van der Waals surface area contributed by atoms with Gasteiger partial charge < -0.3 is 9.80 Å². The van der Waals surface area contributed by atoms with Crippen LogP contribution in [0.1, 0.15) is 32.1 Å². The van der Waals surface area contributed by atoms with E-state index in [1.807, 2.05) is 0 Å². The number of hydrogen-bond acceptors (Lipinski definition) is 3. The molecule has 4 nitrogen and oxygen atoms in total. The van der Waals surface area contributed by atoms with Crippen LogP contribution in [0.5, 0.6) is 0 Å². The second-order valence-electron chi connectivity index (χ2n) is 4.79. The fourth-order valence-electron chi connectivity index (χ4n) is 2.63. The summed E-state index contributed by atoms with van der Waals surface area (Å²) in [6.45, 7) is 1.75. The average molecular weight is 256 g/mol. The SMILES string of the molecule is O=C1C2CCCCN2C(=O)CN1CCCCS. The van der Waals surface area contributed by atoms with Crippen molar-refractivity contribution in [1.29, 1.82) is 0 Å². The first-order chi connectivity index (χ1) is 8.24. The summed E-state index contributed by atoms with van der Waals surface area (Å²) in [4.78, 5) is 27.7. The van der Waals surface area contributed by atoms with E-state index in [2.05, 4.69) is 12.6 Å². The lowest BCUT2D eigenvalue weighted by atomic mass is 9.98. The molecule has 2 amide bonds. The molecular weight excluding hydrogens is 236 g/mol. The first-order valence-corrected chi connectivity index (χ1v) is 7.06. The van der Waals surface area contributed by atoms with Crippen LogP contribution in [-0.2, 0) is 9.59 Å². The van der Waals surface area contributed by atoms with Gasteiger partial charge in [0.25, 0.3) is 0 Å². The van der Waals surface area contributed by atoms with E-state index in [1.54, 1.807) is 9.80 Å². The van der Waals surface area contributed by atoms with Gasteiger partial charge in [0.1, 0.15) is 6.04 Å². The molecule has 1 atom stereocenters. The molecule has 0 radical (unpaired) electrons. The Kier molecular flexibility index (Phi) is 4.31. The summed E-state index contributed by atoms with van der Waals surface area (Å²) in [5.41, 5.74) is 0. The fraction of sp³-hybridized carbons (Fsp3) is 0.833. The zero-order chi connectivity index (χ0) is 12.3. The van der Waals surface area contributed by atoms with E-state index < -0.39 is 0 Å². The average Bonchev–Trinajstić information content (AvgIpc) is 2.36. The van der Waals surface area contributed by atoms with E-state index in [0.29, 0.717) is 6.54 Å². The summed E-state index contributed by atoms with van der Waals surface area (Å²) >= 11 is 4.15. The standard InChI is InChI=1S/C12H20N2O2S/c15-11-9-13(6-3-4-8-17)12(16)10-5-1-2-7-14(10)11/h10,17H,1-9H2. The highest BCUT2D eigenvalue weighted by Crippen LogP contribution is 2.23. The summed E-state index contributed by atoms with van der Waals surface area (Å²) < 4.78 is 0. The summed E-state index contributed by atoms with van der Waals surface area (Å²) in [5.74, 6) is 1.12. The molecule has 2 saturated heterocycles. The zero-order valence-electron chi connectivity index (χ0n) is 10.1. The number of rotatable bonds is 4. The highest BCUT2D eigenvalue weighted by Gasteiger charge is 2.39. The molecule has 2 aliphatic rings. The van der Waals surface area contributed by atoms with Gasteiger partial charge in [-0.2, -0.15) is 12.6 Å². The van der Waals surface area contributed by atoms with Crippen molar-refractivity contribution in [3.63, 3.8) is 0 Å². The van der Waals surface area contributed by atoms with Gasteiger partial charge >= 0.3 is 0 Å². The Labute approximate surface area is 108 Å². The second-order valence-corrected chi connectivity index (χ2v) is 5.24. The van der Waals surface area contributed by atoms with Crippen LogP contribution in [0.3, 0.4) is 0 Å². The van der Waals surface area contributed by atoms with Crippen LogP contribution < -0.4 is 0 Å². The maximum absolute atomic E-state index is 12.2.